The molecule has 1 amide bonds. The van der Waals surface area contributed by atoms with Crippen LogP contribution in [0.5, 0.6) is 0 Å². The second kappa shape index (κ2) is 4.21. The predicted octanol–water partition coefficient (Wildman–Crippen LogP) is 0.998. The third-order valence-electron chi connectivity index (χ3n) is 3.86. The van der Waals surface area contributed by atoms with E-state index in [1.807, 2.05) is 18.2 Å². The van der Waals surface area contributed by atoms with E-state index in [2.05, 4.69) is 5.32 Å². The van der Waals surface area contributed by atoms with Crippen LogP contribution in [0.1, 0.15) is 22.3 Å². The van der Waals surface area contributed by atoms with Gasteiger partial charge >= 0.3 is 0 Å². The third kappa shape index (κ3) is 1.73. The highest BCUT2D eigenvalue weighted by molar-refractivity contribution is 6.01. The van der Waals surface area contributed by atoms with Crippen molar-refractivity contribution >= 4 is 17.4 Å². The first-order valence-electron chi connectivity index (χ1n) is 6.31. The Labute approximate surface area is 106 Å². The number of fused-ring (bicyclic) bond motifs is 1. The summed E-state index contributed by atoms with van der Waals surface area (Å²) in [6.45, 7) is 1.57. The second-order valence-corrected chi connectivity index (χ2v) is 5.02. The van der Waals surface area contributed by atoms with Gasteiger partial charge in [-0.3, -0.25) is 9.59 Å². The van der Waals surface area contributed by atoms with E-state index in [0.29, 0.717) is 6.42 Å². The zero-order valence-electron chi connectivity index (χ0n) is 10.4. The zero-order chi connectivity index (χ0) is 12.7. The highest BCUT2D eigenvalue weighted by atomic mass is 16.2. The van der Waals surface area contributed by atoms with Gasteiger partial charge in [-0.15, -0.1) is 0 Å². The number of ketones is 1. The van der Waals surface area contributed by atoms with Crippen molar-refractivity contribution in [1.29, 1.82) is 0 Å². The standard InChI is InChI=1S/C14H16N2O2/c1-16-12-4-2-10(14(18)11-7-15-8-11)6-9(12)3-5-13(16)17/h2,4,6,11,15H,3,5,7-8H2,1H3. The van der Waals surface area contributed by atoms with Crippen molar-refractivity contribution in [2.24, 2.45) is 5.92 Å². The van der Waals surface area contributed by atoms with Crippen molar-refractivity contribution in [3.8, 4) is 0 Å². The first-order chi connectivity index (χ1) is 8.66. The molecule has 2 heterocycles. The van der Waals surface area contributed by atoms with Crippen molar-refractivity contribution in [3.63, 3.8) is 0 Å². The van der Waals surface area contributed by atoms with Gasteiger partial charge in [0.25, 0.3) is 0 Å². The highest BCUT2D eigenvalue weighted by Gasteiger charge is 2.27. The summed E-state index contributed by atoms with van der Waals surface area (Å²) in [7, 11) is 1.79. The van der Waals surface area contributed by atoms with E-state index in [0.717, 1.165) is 36.3 Å². The van der Waals surface area contributed by atoms with Gasteiger partial charge in [-0.2, -0.15) is 0 Å². The molecule has 0 saturated carbocycles. The van der Waals surface area contributed by atoms with Gasteiger partial charge in [-0.25, -0.2) is 0 Å². The first kappa shape index (κ1) is 11.4. The number of rotatable bonds is 2. The van der Waals surface area contributed by atoms with E-state index in [-0.39, 0.29) is 17.6 Å². The molecule has 0 aromatic heterocycles. The number of nitrogens with one attached hydrogen (secondary N) is 1. The lowest BCUT2D eigenvalue weighted by Crippen LogP contribution is -2.46. The van der Waals surface area contributed by atoms with E-state index < -0.39 is 0 Å². The van der Waals surface area contributed by atoms with Crippen LogP contribution in [-0.2, 0) is 11.2 Å². The van der Waals surface area contributed by atoms with Gasteiger partial charge < -0.3 is 10.2 Å². The predicted molar refractivity (Wildman–Crippen MR) is 68.9 cm³/mol. The Bertz CT molecular complexity index is 521. The van der Waals surface area contributed by atoms with Gasteiger partial charge in [-0.05, 0) is 30.2 Å². The minimum Gasteiger partial charge on any atom is -0.315 e. The fraction of sp³-hybridized carbons (Fsp3) is 0.429. The lowest BCUT2D eigenvalue weighted by atomic mass is 9.90. The number of anilines is 1. The Balaban J connectivity index is 1.91. The number of amides is 1. The minimum atomic E-state index is 0.131. The molecule has 1 fully saturated rings. The van der Waals surface area contributed by atoms with Crippen molar-refractivity contribution in [1.82, 2.24) is 5.32 Å². The molecular weight excluding hydrogens is 228 g/mol. The van der Waals surface area contributed by atoms with Gasteiger partial charge in [0.05, 0.1) is 0 Å². The van der Waals surface area contributed by atoms with Crippen molar-refractivity contribution in [2.75, 3.05) is 25.0 Å². The van der Waals surface area contributed by atoms with Crippen LogP contribution in [0.4, 0.5) is 5.69 Å². The molecule has 2 aliphatic heterocycles. The van der Waals surface area contributed by atoms with E-state index >= 15 is 0 Å². The molecule has 2 aliphatic rings. The SMILES string of the molecule is CN1C(=O)CCc2cc(C(=O)C3CNC3)ccc21. The van der Waals surface area contributed by atoms with E-state index in [1.54, 1.807) is 11.9 Å². The topological polar surface area (TPSA) is 49.4 Å². The number of aryl methyl sites for hydroxylation is 1. The molecule has 94 valence electrons. The molecule has 0 bridgehead atoms. The molecule has 1 aromatic carbocycles. The fourth-order valence-electron chi connectivity index (χ4n) is 2.52. The zero-order valence-corrected chi connectivity index (χ0v) is 10.4. The number of benzene rings is 1. The van der Waals surface area contributed by atoms with Crippen LogP contribution in [0.25, 0.3) is 0 Å². The number of carbonyl (C=O) groups is 2. The maximum Gasteiger partial charge on any atom is 0.227 e. The van der Waals surface area contributed by atoms with Crippen LogP contribution in [0, 0.1) is 5.92 Å². The van der Waals surface area contributed by atoms with Crippen molar-refractivity contribution in [3.05, 3.63) is 29.3 Å². The van der Waals surface area contributed by atoms with Crippen LogP contribution >= 0.6 is 0 Å². The van der Waals surface area contributed by atoms with E-state index in [4.69, 9.17) is 0 Å². The van der Waals surface area contributed by atoms with Crippen LogP contribution in [0.15, 0.2) is 18.2 Å². The fourth-order valence-corrected chi connectivity index (χ4v) is 2.52. The quantitative estimate of drug-likeness (QED) is 0.789. The molecule has 0 spiro atoms. The van der Waals surface area contributed by atoms with Gasteiger partial charge in [0, 0.05) is 43.7 Å². The van der Waals surface area contributed by atoms with Crippen LogP contribution in [0.2, 0.25) is 0 Å². The normalized spacial score (nSPS) is 19.4. The monoisotopic (exact) mass is 244 g/mol. The number of hydrogen-bond acceptors (Lipinski definition) is 3. The Morgan fingerprint density at radius 2 is 2.11 bits per heavy atom. The molecule has 1 saturated heterocycles. The summed E-state index contributed by atoms with van der Waals surface area (Å²) in [6.07, 6.45) is 1.27. The number of carbonyl (C=O) groups excluding carboxylic acids is 2. The van der Waals surface area contributed by atoms with E-state index in [1.165, 1.54) is 0 Å². The van der Waals surface area contributed by atoms with Crippen molar-refractivity contribution < 1.29 is 9.59 Å². The maximum atomic E-state index is 12.1. The number of hydrogen-bond donors (Lipinski definition) is 1. The molecule has 4 heteroatoms. The summed E-state index contributed by atoms with van der Waals surface area (Å²) in [6, 6.07) is 5.69. The van der Waals surface area contributed by atoms with Gasteiger partial charge in [0.2, 0.25) is 5.91 Å². The summed E-state index contributed by atoms with van der Waals surface area (Å²) in [5.74, 6) is 0.492. The van der Waals surface area contributed by atoms with Gasteiger partial charge in [0.15, 0.2) is 5.78 Å². The first-order valence-corrected chi connectivity index (χ1v) is 6.31. The lowest BCUT2D eigenvalue weighted by Gasteiger charge is -2.28. The third-order valence-corrected chi connectivity index (χ3v) is 3.86. The second-order valence-electron chi connectivity index (χ2n) is 5.02. The van der Waals surface area contributed by atoms with E-state index in [9.17, 15) is 9.59 Å². The molecule has 0 atom stereocenters. The molecule has 3 rings (SSSR count). The van der Waals surface area contributed by atoms with Gasteiger partial charge in [-0.1, -0.05) is 0 Å². The smallest absolute Gasteiger partial charge is 0.227 e. The highest BCUT2D eigenvalue weighted by Crippen LogP contribution is 2.28. The minimum absolute atomic E-state index is 0.131. The Morgan fingerprint density at radius 3 is 2.78 bits per heavy atom. The molecular formula is C14H16N2O2. The van der Waals surface area contributed by atoms with Crippen LogP contribution < -0.4 is 10.2 Å². The Morgan fingerprint density at radius 1 is 1.33 bits per heavy atom. The average molecular weight is 244 g/mol. The molecule has 0 aliphatic carbocycles. The number of nitrogens with zero attached hydrogens (tertiary/aromatic N) is 1. The molecule has 0 unspecified atom stereocenters. The summed E-state index contributed by atoms with van der Waals surface area (Å²) < 4.78 is 0. The Hall–Kier alpha value is -1.68. The van der Waals surface area contributed by atoms with Crippen LogP contribution in [-0.4, -0.2) is 31.8 Å². The van der Waals surface area contributed by atoms with Crippen LogP contribution in [0.3, 0.4) is 0 Å². The maximum absolute atomic E-state index is 12.1. The van der Waals surface area contributed by atoms with Crippen molar-refractivity contribution in [2.45, 2.75) is 12.8 Å². The summed E-state index contributed by atoms with van der Waals surface area (Å²) >= 11 is 0. The average Bonchev–Trinajstić information content (AvgIpc) is 2.31. The summed E-state index contributed by atoms with van der Waals surface area (Å²) in [5, 5.41) is 3.11. The largest absolute Gasteiger partial charge is 0.315 e. The molecule has 4 nitrogen and oxygen atoms in total. The Kier molecular flexibility index (Phi) is 2.67. The molecule has 18 heavy (non-hydrogen) atoms. The molecule has 1 aromatic rings. The molecule has 1 N–H and O–H groups in total. The van der Waals surface area contributed by atoms with Gasteiger partial charge in [0.1, 0.15) is 0 Å². The lowest BCUT2D eigenvalue weighted by molar-refractivity contribution is -0.118. The number of Topliss-reactive ketones (excluding diaryl/α,β-unsaturated/α-hetero) is 1. The summed E-state index contributed by atoms with van der Waals surface area (Å²) in [4.78, 5) is 25.4. The summed E-state index contributed by atoms with van der Waals surface area (Å²) in [5.41, 5.74) is 2.83. The molecule has 0 radical (unpaired) electrons.